The lowest BCUT2D eigenvalue weighted by Crippen LogP contribution is -2.28. The van der Waals surface area contributed by atoms with Crippen LogP contribution in [0.2, 0.25) is 0 Å². The van der Waals surface area contributed by atoms with Gasteiger partial charge in [0.15, 0.2) is 17.3 Å². The van der Waals surface area contributed by atoms with Crippen molar-refractivity contribution in [1.29, 1.82) is 0 Å². The fourth-order valence-corrected chi connectivity index (χ4v) is 3.66. The molecule has 0 saturated heterocycles. The van der Waals surface area contributed by atoms with Crippen LogP contribution >= 0.6 is 0 Å². The summed E-state index contributed by atoms with van der Waals surface area (Å²) >= 11 is 0. The number of hydrogen-bond donors (Lipinski definition) is 2. The van der Waals surface area contributed by atoms with E-state index in [1.165, 1.54) is 22.8 Å². The second-order valence-corrected chi connectivity index (χ2v) is 7.99. The van der Waals surface area contributed by atoms with Crippen molar-refractivity contribution in [2.45, 2.75) is 19.5 Å². The van der Waals surface area contributed by atoms with Gasteiger partial charge in [0, 0.05) is 37.9 Å². The van der Waals surface area contributed by atoms with Gasteiger partial charge in [-0.05, 0) is 28.8 Å². The zero-order valence-electron chi connectivity index (χ0n) is 18.8. The molecule has 4 aromatic rings. The molecule has 36 heavy (non-hydrogen) atoms. The number of halogens is 2. The molecule has 5 rings (SSSR count). The second kappa shape index (κ2) is 9.82. The van der Waals surface area contributed by atoms with Crippen LogP contribution in [0.5, 0.6) is 0 Å². The van der Waals surface area contributed by atoms with Crippen molar-refractivity contribution < 1.29 is 18.4 Å². The summed E-state index contributed by atoms with van der Waals surface area (Å²) in [6, 6.07) is 13.9. The molecule has 1 aliphatic rings. The van der Waals surface area contributed by atoms with Crippen LogP contribution in [0.25, 0.3) is 5.65 Å². The zero-order chi connectivity index (χ0) is 25.1. The maximum atomic E-state index is 13.4. The molecule has 2 amide bonds. The number of amides is 2. The molecule has 0 fully saturated rings. The highest BCUT2D eigenvalue weighted by Gasteiger charge is 2.18. The highest BCUT2D eigenvalue weighted by Crippen LogP contribution is 2.13. The lowest BCUT2D eigenvalue weighted by molar-refractivity contribution is 0.0942. The summed E-state index contributed by atoms with van der Waals surface area (Å²) in [5, 5.41) is 17.5. The first-order valence-corrected chi connectivity index (χ1v) is 11.0. The van der Waals surface area contributed by atoms with E-state index in [-0.39, 0.29) is 24.5 Å². The molecule has 2 aromatic carbocycles. The van der Waals surface area contributed by atoms with E-state index in [4.69, 9.17) is 0 Å². The number of nitrogens with zero attached hydrogens (tertiary/aromatic N) is 5. The molecule has 0 bridgehead atoms. The average molecular weight is 487 g/mol. The Hall–Kier alpha value is -4.80. The van der Waals surface area contributed by atoms with Gasteiger partial charge in [-0.15, -0.1) is 0 Å². The number of nitrogens with one attached hydrogen (secondary N) is 2. The third-order valence-corrected chi connectivity index (χ3v) is 5.55. The van der Waals surface area contributed by atoms with Crippen LogP contribution < -0.4 is 10.6 Å². The van der Waals surface area contributed by atoms with Gasteiger partial charge in [0.1, 0.15) is 11.4 Å². The third kappa shape index (κ3) is 4.85. The van der Waals surface area contributed by atoms with Crippen LogP contribution in [0.3, 0.4) is 0 Å². The van der Waals surface area contributed by atoms with E-state index in [1.807, 2.05) is 24.3 Å². The first-order chi connectivity index (χ1) is 17.5. The van der Waals surface area contributed by atoms with Crippen molar-refractivity contribution in [3.63, 3.8) is 0 Å². The van der Waals surface area contributed by atoms with E-state index in [0.29, 0.717) is 17.6 Å². The average Bonchev–Trinajstić information content (AvgIpc) is 3.60. The van der Waals surface area contributed by atoms with Gasteiger partial charge in [-0.3, -0.25) is 9.59 Å². The van der Waals surface area contributed by atoms with E-state index >= 15 is 0 Å². The van der Waals surface area contributed by atoms with Gasteiger partial charge in [0.05, 0.1) is 11.9 Å². The van der Waals surface area contributed by atoms with Crippen LogP contribution in [0.1, 0.15) is 44.1 Å². The van der Waals surface area contributed by atoms with Gasteiger partial charge in [0.25, 0.3) is 11.8 Å². The molecule has 1 aliphatic heterocycles. The molecule has 0 aliphatic carbocycles. The van der Waals surface area contributed by atoms with Gasteiger partial charge < -0.3 is 10.6 Å². The normalized spacial score (nSPS) is 12.6. The van der Waals surface area contributed by atoms with Crippen molar-refractivity contribution in [3.8, 4) is 0 Å². The summed E-state index contributed by atoms with van der Waals surface area (Å²) in [7, 11) is 0. The molecular weight excluding hydrogens is 468 g/mol. The molecule has 0 saturated carbocycles. The molecule has 9 nitrogen and oxygen atoms in total. The Morgan fingerprint density at radius 3 is 2.39 bits per heavy atom. The highest BCUT2D eigenvalue weighted by atomic mass is 19.2. The van der Waals surface area contributed by atoms with Crippen LogP contribution in [0.15, 0.2) is 71.0 Å². The molecule has 0 atom stereocenters. The quantitative estimate of drug-likeness (QED) is 0.417. The molecule has 11 heteroatoms. The topological polar surface area (TPSA) is 113 Å². The first kappa shape index (κ1) is 23.0. The maximum Gasteiger partial charge on any atom is 0.270 e. The number of rotatable bonds is 7. The zero-order valence-corrected chi connectivity index (χ0v) is 18.8. The van der Waals surface area contributed by atoms with Gasteiger partial charge in [0.2, 0.25) is 0 Å². The van der Waals surface area contributed by atoms with Crippen molar-refractivity contribution in [3.05, 3.63) is 101 Å². The Morgan fingerprint density at radius 1 is 0.889 bits per heavy atom. The maximum absolute atomic E-state index is 13.4. The number of benzene rings is 2. The summed E-state index contributed by atoms with van der Waals surface area (Å²) in [6.07, 6.45) is 3.90. The van der Waals surface area contributed by atoms with E-state index < -0.39 is 23.4 Å². The Bertz CT molecular complexity index is 1530. The number of fused-ring (bicyclic) bond motifs is 1. The lowest BCUT2D eigenvalue weighted by atomic mass is 10.1. The smallest absolute Gasteiger partial charge is 0.270 e. The van der Waals surface area contributed by atoms with Crippen LogP contribution in [0, 0.1) is 11.6 Å². The molecule has 0 unspecified atom stereocenters. The minimum Gasteiger partial charge on any atom is -0.347 e. The molecule has 0 spiro atoms. The molecule has 2 aromatic heterocycles. The van der Waals surface area contributed by atoms with Crippen LogP contribution in [0.4, 0.5) is 8.78 Å². The Morgan fingerprint density at radius 2 is 1.64 bits per heavy atom. The number of hydrogen-bond acceptors (Lipinski definition) is 6. The third-order valence-electron chi connectivity index (χ3n) is 5.55. The van der Waals surface area contributed by atoms with Gasteiger partial charge in [-0.2, -0.15) is 15.3 Å². The first-order valence-electron chi connectivity index (χ1n) is 11.0. The molecule has 2 N–H and O–H groups in total. The summed E-state index contributed by atoms with van der Waals surface area (Å²) in [5.74, 6) is -3.00. The lowest BCUT2D eigenvalue weighted by Gasteiger charge is -2.10. The number of carbonyl (C=O) groups is 2. The summed E-state index contributed by atoms with van der Waals surface area (Å²) in [5.41, 5.74) is 3.53. The summed E-state index contributed by atoms with van der Waals surface area (Å²) in [4.78, 5) is 29.9. The second-order valence-electron chi connectivity index (χ2n) is 7.99. The Labute approximate surface area is 203 Å². The Balaban J connectivity index is 1.28. The number of aromatic nitrogens is 3. The largest absolute Gasteiger partial charge is 0.347 e. The fourth-order valence-electron chi connectivity index (χ4n) is 3.66. The minimum atomic E-state index is -1.00. The predicted molar refractivity (Wildman–Crippen MR) is 128 cm³/mol. The SMILES string of the molecule is O=C(NCc1ccc(F)c(F)c1)c1cc(C(=O)NCc2ccc(C3=NN=CC3)cc2)n2nccc2n1. The van der Waals surface area contributed by atoms with Gasteiger partial charge >= 0.3 is 0 Å². The van der Waals surface area contributed by atoms with Crippen molar-refractivity contribution in [1.82, 2.24) is 25.2 Å². The highest BCUT2D eigenvalue weighted by molar-refractivity contribution is 6.09. The van der Waals surface area contributed by atoms with Crippen molar-refractivity contribution in [2.75, 3.05) is 0 Å². The van der Waals surface area contributed by atoms with Crippen molar-refractivity contribution >= 4 is 29.4 Å². The van der Waals surface area contributed by atoms with Crippen LogP contribution in [-0.2, 0) is 13.1 Å². The van der Waals surface area contributed by atoms with E-state index in [9.17, 15) is 18.4 Å². The minimum absolute atomic E-state index is 0.0142. The molecule has 180 valence electrons. The molecule has 3 heterocycles. The van der Waals surface area contributed by atoms with Gasteiger partial charge in [-0.25, -0.2) is 18.3 Å². The van der Waals surface area contributed by atoms with E-state index in [2.05, 4.69) is 30.9 Å². The van der Waals surface area contributed by atoms with Crippen molar-refractivity contribution in [2.24, 2.45) is 10.2 Å². The standard InChI is InChI=1S/C25H19F2N7O2/c26-18-6-3-16(11-19(18)27)14-28-24(35)21-12-22(34-23(32-21)8-10-31-34)25(36)29-13-15-1-4-17(5-2-15)20-7-9-30-33-20/h1-6,8-12H,7,13-14H2,(H,28,35)(H,29,36). The Kier molecular flexibility index (Phi) is 6.27. The summed E-state index contributed by atoms with van der Waals surface area (Å²) < 4.78 is 27.9. The number of carbonyl (C=O) groups excluding carboxylic acids is 2. The van der Waals surface area contributed by atoms with Crippen LogP contribution in [-0.4, -0.2) is 38.3 Å². The van der Waals surface area contributed by atoms with Gasteiger partial charge in [-0.1, -0.05) is 30.3 Å². The fraction of sp³-hybridized carbons (Fsp3) is 0.120. The predicted octanol–water partition coefficient (Wildman–Crippen LogP) is 3.05. The van der Waals surface area contributed by atoms with E-state index in [0.717, 1.165) is 29.0 Å². The van der Waals surface area contributed by atoms with E-state index in [1.54, 1.807) is 12.3 Å². The molecule has 0 radical (unpaired) electrons. The monoisotopic (exact) mass is 487 g/mol. The molecular formula is C25H19F2N7O2. The summed E-state index contributed by atoms with van der Waals surface area (Å²) in [6.45, 7) is 0.211.